The zero-order valence-electron chi connectivity index (χ0n) is 22.4. The number of nitrogen functional groups attached to an aromatic ring is 1. The van der Waals surface area contributed by atoms with Crippen LogP contribution in [0.5, 0.6) is 11.5 Å². The molecule has 0 aliphatic carbocycles. The number of nitrogens with zero attached hydrogens (tertiary/aromatic N) is 3. The number of hydrogen-bond acceptors (Lipinski definition) is 8. The second kappa shape index (κ2) is 10.5. The molecule has 0 bridgehead atoms. The molecule has 2 aromatic carbocycles. The van der Waals surface area contributed by atoms with Crippen LogP contribution in [0, 0.1) is 12.3 Å². The van der Waals surface area contributed by atoms with Gasteiger partial charge in [0.2, 0.25) is 0 Å². The van der Waals surface area contributed by atoms with Gasteiger partial charge in [-0.15, -0.1) is 0 Å². The van der Waals surface area contributed by atoms with E-state index in [-0.39, 0.29) is 17.2 Å². The number of alkyl halides is 3. The minimum Gasteiger partial charge on any atom is -0.493 e. The molecular formula is C27H34F3N5O3. The van der Waals surface area contributed by atoms with Crippen molar-refractivity contribution in [2.75, 3.05) is 52.0 Å². The zero-order chi connectivity index (χ0) is 27.8. The highest BCUT2D eigenvalue weighted by atomic mass is 19.4. The van der Waals surface area contributed by atoms with Gasteiger partial charge >= 0.3 is 6.18 Å². The van der Waals surface area contributed by atoms with Crippen molar-refractivity contribution in [1.29, 1.82) is 0 Å². The van der Waals surface area contributed by atoms with Crippen molar-refractivity contribution in [3.05, 3.63) is 47.3 Å². The number of aromatic nitrogens is 2. The van der Waals surface area contributed by atoms with Crippen molar-refractivity contribution < 1.29 is 27.4 Å². The van der Waals surface area contributed by atoms with E-state index in [1.807, 2.05) is 27.1 Å². The summed E-state index contributed by atoms with van der Waals surface area (Å²) in [5, 5.41) is 3.90. The molecule has 1 fully saturated rings. The molecular weight excluding hydrogens is 499 g/mol. The highest BCUT2D eigenvalue weighted by Gasteiger charge is 2.46. The average Bonchev–Trinajstić information content (AvgIpc) is 2.80. The van der Waals surface area contributed by atoms with Crippen LogP contribution in [-0.2, 0) is 10.9 Å². The minimum absolute atomic E-state index is 0.0354. The number of halogens is 3. The topological polar surface area (TPSA) is 94.8 Å². The molecule has 1 saturated heterocycles. The fourth-order valence-corrected chi connectivity index (χ4v) is 4.76. The van der Waals surface area contributed by atoms with E-state index in [0.717, 1.165) is 18.7 Å². The third-order valence-corrected chi connectivity index (χ3v) is 6.83. The molecule has 2 heterocycles. The Morgan fingerprint density at radius 2 is 1.82 bits per heavy atom. The first-order valence-electron chi connectivity index (χ1n) is 12.3. The summed E-state index contributed by atoms with van der Waals surface area (Å²) in [4.78, 5) is 11.2. The fourth-order valence-electron chi connectivity index (χ4n) is 4.76. The Kier molecular flexibility index (Phi) is 7.62. The van der Waals surface area contributed by atoms with Crippen molar-refractivity contribution in [2.45, 2.75) is 39.1 Å². The lowest BCUT2D eigenvalue weighted by molar-refractivity contribution is -0.167. The zero-order valence-corrected chi connectivity index (χ0v) is 22.4. The molecule has 3 N–H and O–H groups in total. The van der Waals surface area contributed by atoms with Gasteiger partial charge in [-0.25, -0.2) is 9.97 Å². The minimum atomic E-state index is -4.50. The molecule has 1 aromatic heterocycles. The number of ether oxygens (including phenoxy) is 3. The maximum absolute atomic E-state index is 13.4. The number of fused-ring (bicyclic) bond motifs is 1. The molecule has 206 valence electrons. The van der Waals surface area contributed by atoms with E-state index in [1.54, 1.807) is 27.0 Å². The molecule has 2 atom stereocenters. The Balaban J connectivity index is 1.70. The molecule has 8 nitrogen and oxygen atoms in total. The predicted octanol–water partition coefficient (Wildman–Crippen LogP) is 5.07. The lowest BCUT2D eigenvalue weighted by Gasteiger charge is -2.46. The van der Waals surface area contributed by atoms with Gasteiger partial charge in [0.1, 0.15) is 17.7 Å². The molecule has 0 saturated carbocycles. The van der Waals surface area contributed by atoms with E-state index < -0.39 is 17.8 Å². The normalized spacial score (nSPS) is 16.7. The Hall–Kier alpha value is -3.31. The molecule has 0 amide bonds. The molecule has 38 heavy (non-hydrogen) atoms. The first-order chi connectivity index (χ1) is 17.8. The summed E-state index contributed by atoms with van der Waals surface area (Å²) >= 11 is 0. The Bertz CT molecular complexity index is 1310. The van der Waals surface area contributed by atoms with Crippen molar-refractivity contribution in [3.63, 3.8) is 0 Å². The van der Waals surface area contributed by atoms with Crippen LogP contribution in [-0.4, -0.2) is 61.9 Å². The smallest absolute Gasteiger partial charge is 0.416 e. The van der Waals surface area contributed by atoms with Gasteiger partial charge in [0.25, 0.3) is 0 Å². The number of aryl methyl sites for hydroxylation is 1. The summed E-state index contributed by atoms with van der Waals surface area (Å²) < 4.78 is 57.7. The molecule has 1 aliphatic heterocycles. The van der Waals surface area contributed by atoms with Crippen molar-refractivity contribution >= 4 is 22.4 Å². The summed E-state index contributed by atoms with van der Waals surface area (Å²) in [7, 11) is 5.59. The lowest BCUT2D eigenvalue weighted by Crippen LogP contribution is -2.57. The molecule has 0 spiro atoms. The van der Waals surface area contributed by atoms with Crippen LogP contribution in [0.25, 0.3) is 10.9 Å². The standard InChI is InChI=1S/C27H34F3N5O3/c1-15(18-7-19(27(28,29)30)9-20(31)8-18)32-25-21-10-24(23(36-6)11-22(21)33-17(3)34-25)38-16(2)26(12-35(4)5)13-37-14-26/h7-11,15-16H,12-14,31H2,1-6H3,(H,32,33,34)/t15-,16-/m1/s1. The van der Waals surface area contributed by atoms with E-state index in [4.69, 9.17) is 19.9 Å². The first kappa shape index (κ1) is 27.7. The van der Waals surface area contributed by atoms with Crippen molar-refractivity contribution in [3.8, 4) is 11.5 Å². The van der Waals surface area contributed by atoms with Crippen molar-refractivity contribution in [1.82, 2.24) is 14.9 Å². The predicted molar refractivity (Wildman–Crippen MR) is 141 cm³/mol. The van der Waals surface area contributed by atoms with Gasteiger partial charge in [0, 0.05) is 23.7 Å². The van der Waals surface area contributed by atoms with Crippen LogP contribution in [0.15, 0.2) is 30.3 Å². The van der Waals surface area contributed by atoms with E-state index in [0.29, 0.717) is 52.8 Å². The van der Waals surface area contributed by atoms with Crippen LogP contribution >= 0.6 is 0 Å². The van der Waals surface area contributed by atoms with Crippen LogP contribution in [0.4, 0.5) is 24.7 Å². The van der Waals surface area contributed by atoms with Gasteiger partial charge in [-0.2, -0.15) is 13.2 Å². The SMILES string of the molecule is COc1cc2nc(C)nc(N[C@H](C)c3cc(N)cc(C(F)(F)F)c3)c2cc1O[C@H](C)C1(CN(C)C)COC1. The molecule has 4 rings (SSSR count). The van der Waals surface area contributed by atoms with E-state index >= 15 is 0 Å². The lowest BCUT2D eigenvalue weighted by atomic mass is 9.80. The number of hydrogen-bond donors (Lipinski definition) is 2. The highest BCUT2D eigenvalue weighted by Crippen LogP contribution is 2.40. The molecule has 0 unspecified atom stereocenters. The second-order valence-corrected chi connectivity index (χ2v) is 10.2. The fraction of sp³-hybridized carbons (Fsp3) is 0.481. The van der Waals surface area contributed by atoms with Crippen LogP contribution in [0.2, 0.25) is 0 Å². The van der Waals surface area contributed by atoms with Gasteiger partial charge in [-0.3, -0.25) is 0 Å². The number of methoxy groups -OCH3 is 1. The summed E-state index contributed by atoms with van der Waals surface area (Å²) in [6.07, 6.45) is -4.68. The first-order valence-corrected chi connectivity index (χ1v) is 12.3. The molecule has 3 aromatic rings. The molecule has 0 radical (unpaired) electrons. The third kappa shape index (κ3) is 5.73. The van der Waals surface area contributed by atoms with Crippen LogP contribution < -0.4 is 20.5 Å². The van der Waals surface area contributed by atoms with Gasteiger partial charge in [0.15, 0.2) is 11.5 Å². The summed E-state index contributed by atoms with van der Waals surface area (Å²) in [6.45, 7) is 7.50. The molecule has 1 aliphatic rings. The van der Waals surface area contributed by atoms with Crippen LogP contribution in [0.3, 0.4) is 0 Å². The van der Waals surface area contributed by atoms with E-state index in [2.05, 4.69) is 20.2 Å². The highest BCUT2D eigenvalue weighted by molar-refractivity contribution is 5.92. The number of benzene rings is 2. The largest absolute Gasteiger partial charge is 0.493 e. The number of nitrogens with two attached hydrogens (primary N) is 1. The van der Waals surface area contributed by atoms with Gasteiger partial charge < -0.3 is 30.2 Å². The van der Waals surface area contributed by atoms with Crippen molar-refractivity contribution in [2.24, 2.45) is 5.41 Å². The molecule has 11 heteroatoms. The number of anilines is 2. The average molecular weight is 534 g/mol. The second-order valence-electron chi connectivity index (χ2n) is 10.2. The summed E-state index contributed by atoms with van der Waals surface area (Å²) in [5.74, 6) is 2.00. The quantitative estimate of drug-likeness (QED) is 0.369. The Morgan fingerprint density at radius 3 is 2.39 bits per heavy atom. The summed E-state index contributed by atoms with van der Waals surface area (Å²) in [6, 6.07) is 6.59. The maximum atomic E-state index is 13.4. The van der Waals surface area contributed by atoms with Crippen LogP contribution in [0.1, 0.15) is 36.8 Å². The van der Waals surface area contributed by atoms with E-state index in [1.165, 1.54) is 6.07 Å². The van der Waals surface area contributed by atoms with Gasteiger partial charge in [-0.1, -0.05) is 0 Å². The monoisotopic (exact) mass is 533 g/mol. The van der Waals surface area contributed by atoms with E-state index in [9.17, 15) is 13.2 Å². The number of rotatable bonds is 9. The van der Waals surface area contributed by atoms with Gasteiger partial charge in [-0.05, 0) is 64.7 Å². The van der Waals surface area contributed by atoms with Gasteiger partial charge in [0.05, 0.1) is 42.9 Å². The third-order valence-electron chi connectivity index (χ3n) is 6.83. The Morgan fingerprint density at radius 1 is 1.11 bits per heavy atom. The number of nitrogens with one attached hydrogen (secondary N) is 1. The maximum Gasteiger partial charge on any atom is 0.416 e. The summed E-state index contributed by atoms with van der Waals surface area (Å²) in [5.41, 5.74) is 5.86. The Labute approximate surface area is 220 Å².